The van der Waals surface area contributed by atoms with Crippen molar-refractivity contribution in [2.45, 2.75) is 45.1 Å². The quantitative estimate of drug-likeness (QED) is 0.803. The van der Waals surface area contributed by atoms with Gasteiger partial charge in [0.25, 0.3) is 0 Å². The Hall–Kier alpha value is -0.930. The van der Waals surface area contributed by atoms with E-state index < -0.39 is 0 Å². The molecule has 106 valence electrons. The molecule has 0 aliphatic heterocycles. The van der Waals surface area contributed by atoms with Gasteiger partial charge in [0, 0.05) is 6.04 Å². The van der Waals surface area contributed by atoms with Crippen LogP contribution in [0, 0.1) is 18.7 Å². The summed E-state index contributed by atoms with van der Waals surface area (Å²) in [5.74, 6) is 0.671. The van der Waals surface area contributed by atoms with E-state index in [9.17, 15) is 4.39 Å². The first kappa shape index (κ1) is 14.5. The van der Waals surface area contributed by atoms with Crippen LogP contribution in [0.3, 0.4) is 0 Å². The number of nitrogens with two attached hydrogens (primary N) is 1. The Morgan fingerprint density at radius 1 is 1.26 bits per heavy atom. The van der Waals surface area contributed by atoms with E-state index in [-0.39, 0.29) is 5.82 Å². The van der Waals surface area contributed by atoms with Gasteiger partial charge in [-0.25, -0.2) is 4.39 Å². The third-order valence-corrected chi connectivity index (χ3v) is 4.14. The van der Waals surface area contributed by atoms with Crippen LogP contribution in [-0.2, 0) is 6.42 Å². The Labute approximate surface area is 115 Å². The molecular formula is C16H25FN2. The molecule has 0 radical (unpaired) electrons. The molecule has 1 aliphatic rings. The first-order valence-electron chi connectivity index (χ1n) is 7.36. The van der Waals surface area contributed by atoms with Crippen molar-refractivity contribution < 1.29 is 4.39 Å². The Morgan fingerprint density at radius 2 is 2.00 bits per heavy atom. The summed E-state index contributed by atoms with van der Waals surface area (Å²) in [6, 6.07) is 5.81. The monoisotopic (exact) mass is 264 g/mol. The molecule has 3 N–H and O–H groups in total. The molecule has 0 unspecified atom stereocenters. The third kappa shape index (κ3) is 4.59. The molecule has 1 aromatic rings. The number of aryl methyl sites for hydroxylation is 1. The van der Waals surface area contributed by atoms with E-state index in [0.717, 1.165) is 31.0 Å². The Bertz CT molecular complexity index is 398. The van der Waals surface area contributed by atoms with E-state index in [0.29, 0.717) is 6.04 Å². The fourth-order valence-corrected chi connectivity index (χ4v) is 2.79. The molecule has 1 saturated carbocycles. The van der Waals surface area contributed by atoms with Gasteiger partial charge in [-0.05, 0) is 75.2 Å². The van der Waals surface area contributed by atoms with Crippen LogP contribution < -0.4 is 11.1 Å². The zero-order valence-corrected chi connectivity index (χ0v) is 11.8. The fourth-order valence-electron chi connectivity index (χ4n) is 2.79. The average molecular weight is 264 g/mol. The second-order valence-corrected chi connectivity index (χ2v) is 5.82. The summed E-state index contributed by atoms with van der Waals surface area (Å²) >= 11 is 0. The van der Waals surface area contributed by atoms with Crippen molar-refractivity contribution in [3.05, 3.63) is 35.1 Å². The van der Waals surface area contributed by atoms with Crippen LogP contribution in [0.15, 0.2) is 18.2 Å². The topological polar surface area (TPSA) is 38.0 Å². The molecular weight excluding hydrogens is 239 g/mol. The molecule has 0 saturated heterocycles. The molecule has 2 nitrogen and oxygen atoms in total. The number of hydrogen-bond acceptors (Lipinski definition) is 2. The summed E-state index contributed by atoms with van der Waals surface area (Å²) < 4.78 is 13.1. The Balaban J connectivity index is 1.65. The fraction of sp³-hybridized carbons (Fsp3) is 0.625. The van der Waals surface area contributed by atoms with Gasteiger partial charge in [0.2, 0.25) is 0 Å². The van der Waals surface area contributed by atoms with Crippen LogP contribution in [-0.4, -0.2) is 19.1 Å². The van der Waals surface area contributed by atoms with Gasteiger partial charge in [-0.3, -0.25) is 0 Å². The van der Waals surface area contributed by atoms with Crippen molar-refractivity contribution in [3.8, 4) is 0 Å². The van der Waals surface area contributed by atoms with E-state index in [1.165, 1.54) is 31.2 Å². The minimum atomic E-state index is -0.116. The van der Waals surface area contributed by atoms with Gasteiger partial charge < -0.3 is 11.1 Å². The Kier molecular flexibility index (Phi) is 5.34. The molecule has 0 bridgehead atoms. The van der Waals surface area contributed by atoms with Crippen molar-refractivity contribution in [2.75, 3.05) is 13.1 Å². The van der Waals surface area contributed by atoms with Gasteiger partial charge in [0.15, 0.2) is 0 Å². The number of rotatable bonds is 5. The molecule has 1 aliphatic carbocycles. The number of halogens is 1. The number of nitrogens with one attached hydrogen (secondary N) is 1. The minimum Gasteiger partial charge on any atom is -0.328 e. The highest BCUT2D eigenvalue weighted by Gasteiger charge is 2.17. The highest BCUT2D eigenvalue weighted by Crippen LogP contribution is 2.22. The van der Waals surface area contributed by atoms with Crippen molar-refractivity contribution in [1.29, 1.82) is 0 Å². The molecule has 2 rings (SSSR count). The molecule has 3 heteroatoms. The molecule has 0 atom stereocenters. The van der Waals surface area contributed by atoms with Crippen LogP contribution in [0.2, 0.25) is 0 Å². The van der Waals surface area contributed by atoms with Gasteiger partial charge in [-0.15, -0.1) is 0 Å². The highest BCUT2D eigenvalue weighted by molar-refractivity contribution is 5.24. The normalized spacial score (nSPS) is 23.5. The smallest absolute Gasteiger partial charge is 0.126 e. The lowest BCUT2D eigenvalue weighted by atomic mass is 9.86. The maximum absolute atomic E-state index is 13.1. The highest BCUT2D eigenvalue weighted by atomic mass is 19.1. The van der Waals surface area contributed by atoms with Crippen LogP contribution >= 0.6 is 0 Å². The van der Waals surface area contributed by atoms with Gasteiger partial charge in [0.1, 0.15) is 5.82 Å². The molecule has 1 fully saturated rings. The Morgan fingerprint density at radius 3 is 2.68 bits per heavy atom. The van der Waals surface area contributed by atoms with Gasteiger partial charge >= 0.3 is 0 Å². The summed E-state index contributed by atoms with van der Waals surface area (Å²) in [4.78, 5) is 0. The lowest BCUT2D eigenvalue weighted by molar-refractivity contribution is 0.315. The zero-order valence-electron chi connectivity index (χ0n) is 11.8. The maximum Gasteiger partial charge on any atom is 0.126 e. The third-order valence-electron chi connectivity index (χ3n) is 4.14. The average Bonchev–Trinajstić information content (AvgIpc) is 2.41. The second-order valence-electron chi connectivity index (χ2n) is 5.82. The van der Waals surface area contributed by atoms with Crippen molar-refractivity contribution in [3.63, 3.8) is 0 Å². The first-order chi connectivity index (χ1) is 9.15. The summed E-state index contributed by atoms with van der Waals surface area (Å²) in [5, 5.41) is 3.52. The number of benzene rings is 1. The van der Waals surface area contributed by atoms with Crippen LogP contribution in [0.4, 0.5) is 4.39 Å². The van der Waals surface area contributed by atoms with Crippen molar-refractivity contribution >= 4 is 0 Å². The molecule has 1 aromatic carbocycles. The van der Waals surface area contributed by atoms with E-state index in [4.69, 9.17) is 5.73 Å². The van der Waals surface area contributed by atoms with Crippen LogP contribution in [0.25, 0.3) is 0 Å². The van der Waals surface area contributed by atoms with E-state index >= 15 is 0 Å². The van der Waals surface area contributed by atoms with E-state index in [2.05, 4.69) is 5.32 Å². The lowest BCUT2D eigenvalue weighted by Gasteiger charge is -2.26. The van der Waals surface area contributed by atoms with Gasteiger partial charge in [-0.2, -0.15) is 0 Å². The van der Waals surface area contributed by atoms with Crippen molar-refractivity contribution in [1.82, 2.24) is 5.32 Å². The summed E-state index contributed by atoms with van der Waals surface area (Å²) in [6.07, 6.45) is 5.81. The summed E-state index contributed by atoms with van der Waals surface area (Å²) in [7, 11) is 0. The zero-order chi connectivity index (χ0) is 13.7. The predicted molar refractivity (Wildman–Crippen MR) is 77.6 cm³/mol. The molecule has 0 aromatic heterocycles. The van der Waals surface area contributed by atoms with E-state index in [1.54, 1.807) is 6.07 Å². The second kappa shape index (κ2) is 7.01. The minimum absolute atomic E-state index is 0.116. The van der Waals surface area contributed by atoms with E-state index in [1.807, 2.05) is 19.1 Å². The van der Waals surface area contributed by atoms with Crippen LogP contribution in [0.5, 0.6) is 0 Å². The molecule has 0 amide bonds. The lowest BCUT2D eigenvalue weighted by Crippen LogP contribution is -2.32. The number of hydrogen-bond donors (Lipinski definition) is 2. The first-order valence-corrected chi connectivity index (χ1v) is 7.36. The van der Waals surface area contributed by atoms with Crippen molar-refractivity contribution in [2.24, 2.45) is 11.7 Å². The predicted octanol–water partition coefficient (Wildman–Crippen LogP) is 2.78. The molecule has 0 heterocycles. The maximum atomic E-state index is 13.1. The molecule has 19 heavy (non-hydrogen) atoms. The molecule has 0 spiro atoms. The summed E-state index contributed by atoms with van der Waals surface area (Å²) in [6.45, 7) is 3.87. The van der Waals surface area contributed by atoms with Crippen LogP contribution in [0.1, 0.15) is 36.8 Å². The largest absolute Gasteiger partial charge is 0.328 e. The standard InChI is InChI=1S/C16H25FN2/c1-12-10-13(4-7-16(12)17)8-9-19-11-14-2-5-15(18)6-3-14/h4,7,10,14-15,19H,2-3,5-6,8-9,11,18H2,1H3. The summed E-state index contributed by atoms with van der Waals surface area (Å²) in [5.41, 5.74) is 7.84. The SMILES string of the molecule is Cc1cc(CCNCC2CCC(N)CC2)ccc1F. The van der Waals surface area contributed by atoms with Gasteiger partial charge in [-0.1, -0.05) is 12.1 Å². The van der Waals surface area contributed by atoms with Gasteiger partial charge in [0.05, 0.1) is 0 Å².